The first-order valence-corrected chi connectivity index (χ1v) is 9.74. The molecular formula is C20H19BrN4O4. The molecule has 0 fully saturated rings. The summed E-state index contributed by atoms with van der Waals surface area (Å²) in [5, 5.41) is 16.0. The van der Waals surface area contributed by atoms with Crippen molar-refractivity contribution >= 4 is 38.7 Å². The number of hydrogen-bond acceptors (Lipinski definition) is 6. The number of hydrogen-bond donors (Lipinski definition) is 0. The van der Waals surface area contributed by atoms with Crippen LogP contribution < -0.4 is 10.3 Å². The van der Waals surface area contributed by atoms with Crippen molar-refractivity contribution in [1.82, 2.24) is 9.66 Å². The van der Waals surface area contributed by atoms with Crippen LogP contribution in [0, 0.1) is 10.1 Å². The summed E-state index contributed by atoms with van der Waals surface area (Å²) in [6, 6.07) is 9.83. The van der Waals surface area contributed by atoms with E-state index in [0.29, 0.717) is 22.3 Å². The third-order valence-corrected chi connectivity index (χ3v) is 5.12. The van der Waals surface area contributed by atoms with Gasteiger partial charge in [0.2, 0.25) is 5.75 Å². The van der Waals surface area contributed by atoms with Crippen molar-refractivity contribution in [3.63, 3.8) is 0 Å². The molecule has 1 atom stereocenters. The molecule has 2 aromatic carbocycles. The van der Waals surface area contributed by atoms with E-state index < -0.39 is 4.92 Å². The molecule has 9 heteroatoms. The lowest BCUT2D eigenvalue weighted by Crippen LogP contribution is -2.23. The molecule has 0 saturated heterocycles. The lowest BCUT2D eigenvalue weighted by molar-refractivity contribution is -0.385. The smallest absolute Gasteiger partial charge is 0.311 e. The highest BCUT2D eigenvalue weighted by atomic mass is 79.9. The van der Waals surface area contributed by atoms with E-state index in [1.54, 1.807) is 18.2 Å². The molecule has 8 nitrogen and oxygen atoms in total. The summed E-state index contributed by atoms with van der Waals surface area (Å²) in [6.07, 6.45) is 2.15. The standard InChI is InChI=1S/C20H19BrN4O4/c1-4-12(2)19-23-16-9-8-14(21)10-15(16)20(26)24(19)22-11-13-6-5-7-17(25(27)28)18(13)29-3/h5-12H,4H2,1-3H3/t12-/m1/s1. The fourth-order valence-electron chi connectivity index (χ4n) is 2.91. The van der Waals surface area contributed by atoms with Crippen LogP contribution in [-0.2, 0) is 0 Å². The lowest BCUT2D eigenvalue weighted by Gasteiger charge is -2.14. The summed E-state index contributed by atoms with van der Waals surface area (Å²) in [4.78, 5) is 28.5. The van der Waals surface area contributed by atoms with Crippen molar-refractivity contribution in [3.8, 4) is 5.75 Å². The average Bonchev–Trinajstić information content (AvgIpc) is 2.72. The van der Waals surface area contributed by atoms with Crippen LogP contribution in [0.2, 0.25) is 0 Å². The fourth-order valence-corrected chi connectivity index (χ4v) is 3.27. The monoisotopic (exact) mass is 458 g/mol. The van der Waals surface area contributed by atoms with Gasteiger partial charge in [-0.1, -0.05) is 35.8 Å². The molecule has 150 valence electrons. The van der Waals surface area contributed by atoms with Crippen LogP contribution in [0.1, 0.15) is 37.6 Å². The van der Waals surface area contributed by atoms with Gasteiger partial charge in [-0.25, -0.2) is 4.98 Å². The van der Waals surface area contributed by atoms with E-state index in [2.05, 4.69) is 26.0 Å². The van der Waals surface area contributed by atoms with Gasteiger partial charge in [0.25, 0.3) is 5.56 Å². The third kappa shape index (κ3) is 4.04. The number of benzene rings is 2. The normalized spacial score (nSPS) is 12.4. The first kappa shape index (κ1) is 20.7. The first-order chi connectivity index (χ1) is 13.9. The maximum Gasteiger partial charge on any atom is 0.311 e. The maximum atomic E-state index is 13.1. The minimum atomic E-state index is -0.526. The van der Waals surface area contributed by atoms with Crippen molar-refractivity contribution in [2.75, 3.05) is 7.11 Å². The first-order valence-electron chi connectivity index (χ1n) is 8.95. The topological polar surface area (TPSA) is 99.6 Å². The van der Waals surface area contributed by atoms with Crippen molar-refractivity contribution in [3.05, 3.63) is 72.7 Å². The molecular weight excluding hydrogens is 440 g/mol. The van der Waals surface area contributed by atoms with Crippen LogP contribution in [0.4, 0.5) is 5.69 Å². The number of fused-ring (bicyclic) bond motifs is 1. The van der Waals surface area contributed by atoms with Gasteiger partial charge in [0.15, 0.2) is 0 Å². The molecule has 0 N–H and O–H groups in total. The molecule has 1 heterocycles. The Morgan fingerprint density at radius 2 is 2.14 bits per heavy atom. The van der Waals surface area contributed by atoms with Gasteiger partial charge in [0.1, 0.15) is 5.82 Å². The van der Waals surface area contributed by atoms with Crippen LogP contribution in [0.3, 0.4) is 0 Å². The van der Waals surface area contributed by atoms with Gasteiger partial charge in [-0.2, -0.15) is 9.78 Å². The summed E-state index contributed by atoms with van der Waals surface area (Å²) in [7, 11) is 1.35. The minimum Gasteiger partial charge on any atom is -0.490 e. The number of aromatic nitrogens is 2. The number of nitro benzene ring substituents is 1. The number of nitro groups is 1. The van der Waals surface area contributed by atoms with Crippen molar-refractivity contribution < 1.29 is 9.66 Å². The Kier molecular flexibility index (Phi) is 6.07. The van der Waals surface area contributed by atoms with Crippen molar-refractivity contribution in [1.29, 1.82) is 0 Å². The average molecular weight is 459 g/mol. The van der Waals surface area contributed by atoms with Crippen molar-refractivity contribution in [2.45, 2.75) is 26.2 Å². The highest BCUT2D eigenvalue weighted by Gasteiger charge is 2.18. The molecule has 0 amide bonds. The molecule has 1 aromatic heterocycles. The largest absolute Gasteiger partial charge is 0.490 e. The van der Waals surface area contributed by atoms with Crippen LogP contribution in [0.5, 0.6) is 5.75 Å². The fraction of sp³-hybridized carbons (Fsp3) is 0.250. The molecule has 3 rings (SSSR count). The van der Waals surface area contributed by atoms with Crippen LogP contribution in [0.15, 0.2) is 50.8 Å². The van der Waals surface area contributed by atoms with E-state index in [1.807, 2.05) is 19.9 Å². The molecule has 0 saturated carbocycles. The lowest BCUT2D eigenvalue weighted by atomic mass is 10.1. The highest BCUT2D eigenvalue weighted by molar-refractivity contribution is 9.10. The van der Waals surface area contributed by atoms with Crippen LogP contribution >= 0.6 is 15.9 Å². The van der Waals surface area contributed by atoms with Crippen LogP contribution in [0.25, 0.3) is 10.9 Å². The third-order valence-electron chi connectivity index (χ3n) is 4.62. The zero-order valence-corrected chi connectivity index (χ0v) is 17.7. The van der Waals surface area contributed by atoms with E-state index in [9.17, 15) is 14.9 Å². The Bertz CT molecular complexity index is 1170. The minimum absolute atomic E-state index is 0.0140. The van der Waals surface area contributed by atoms with Gasteiger partial charge in [0.05, 0.1) is 29.2 Å². The van der Waals surface area contributed by atoms with E-state index >= 15 is 0 Å². The molecule has 0 aliphatic rings. The van der Waals surface area contributed by atoms with E-state index in [1.165, 1.54) is 30.1 Å². The number of halogens is 1. The van der Waals surface area contributed by atoms with Gasteiger partial charge >= 0.3 is 5.69 Å². The number of ether oxygens (including phenoxy) is 1. The maximum absolute atomic E-state index is 13.1. The Labute approximate surface area is 175 Å². The Morgan fingerprint density at radius 1 is 1.38 bits per heavy atom. The zero-order chi connectivity index (χ0) is 21.1. The number of para-hydroxylation sites is 1. The van der Waals surface area contributed by atoms with Crippen molar-refractivity contribution in [2.24, 2.45) is 5.10 Å². The van der Waals surface area contributed by atoms with Gasteiger partial charge in [-0.15, -0.1) is 0 Å². The van der Waals surface area contributed by atoms with Crippen LogP contribution in [-0.4, -0.2) is 27.9 Å². The van der Waals surface area contributed by atoms with Gasteiger partial charge in [-0.3, -0.25) is 14.9 Å². The second-order valence-corrected chi connectivity index (χ2v) is 7.37. The number of methoxy groups -OCH3 is 1. The molecule has 3 aromatic rings. The number of nitrogens with zero attached hydrogens (tertiary/aromatic N) is 4. The molecule has 0 radical (unpaired) electrons. The van der Waals surface area contributed by atoms with E-state index in [0.717, 1.165) is 10.9 Å². The molecule has 0 spiro atoms. The molecule has 29 heavy (non-hydrogen) atoms. The van der Waals surface area contributed by atoms with E-state index in [4.69, 9.17) is 4.74 Å². The SMILES string of the molecule is CC[C@@H](C)c1nc2ccc(Br)cc2c(=O)n1N=Cc1cccc([N+](=O)[O-])c1OC. The summed E-state index contributed by atoms with van der Waals surface area (Å²) >= 11 is 3.37. The molecule has 0 aliphatic heterocycles. The summed E-state index contributed by atoms with van der Waals surface area (Å²) in [5.74, 6) is 0.587. The second kappa shape index (κ2) is 8.52. The highest BCUT2D eigenvalue weighted by Crippen LogP contribution is 2.29. The van der Waals surface area contributed by atoms with Gasteiger partial charge in [-0.05, 0) is 30.7 Å². The molecule has 0 unspecified atom stereocenters. The molecule has 0 aliphatic carbocycles. The molecule has 0 bridgehead atoms. The Morgan fingerprint density at radius 3 is 2.79 bits per heavy atom. The number of rotatable bonds is 6. The van der Waals surface area contributed by atoms with Gasteiger partial charge in [0, 0.05) is 22.0 Å². The van der Waals surface area contributed by atoms with Gasteiger partial charge < -0.3 is 4.74 Å². The summed E-state index contributed by atoms with van der Waals surface area (Å²) in [5.41, 5.74) is 0.490. The summed E-state index contributed by atoms with van der Waals surface area (Å²) in [6.45, 7) is 3.96. The zero-order valence-electron chi connectivity index (χ0n) is 16.1. The predicted molar refractivity (Wildman–Crippen MR) is 115 cm³/mol. The second-order valence-electron chi connectivity index (χ2n) is 6.46. The summed E-state index contributed by atoms with van der Waals surface area (Å²) < 4.78 is 7.21. The Hall–Kier alpha value is -3.07. The predicted octanol–water partition coefficient (Wildman–Crippen LogP) is 4.47. The Balaban J connectivity index is 2.22. The quantitative estimate of drug-likeness (QED) is 0.308. The van der Waals surface area contributed by atoms with E-state index in [-0.39, 0.29) is 22.9 Å².